The Balaban J connectivity index is 0.00000130. The minimum absolute atomic E-state index is 0. The van der Waals surface area contributed by atoms with Crippen LogP contribution in [0.15, 0.2) is 140 Å². The first-order chi connectivity index (χ1) is 32.6. The Kier molecular flexibility index (Phi) is 32.9. The first kappa shape index (κ1) is 65.6. The standard InChI is InChI=1S/C34H35N5O.C12H14O4.C2H3N.2ClHO4.2Fe/c1-27-19-29(22-38(21-28-11-3-2-4-12-28)24-31-13-5-8-16-35-31)34(40)30(20-27)23-39(25-32-14-6-9-17-36-32)26-33-15-7-10-18-37-33;13-11(14)6-4-9-2-1-3-10(8-9)5-7-12(15)16;1-2-3;2*2-1(3,4)5;;/h2-20,40H,21-26H2,1H3;1-3,8H,4-7H2,(H,13,14)(H,15,16);1H3;2*(H,2,3,4,5);;/q;;;;;+2;+3/p-5. The maximum Gasteiger partial charge on any atom is 3.00 e. The van der Waals surface area contributed by atoms with Gasteiger partial charge in [0.05, 0.1) is 23.2 Å². The molecule has 1 radical (unpaired) electrons. The minimum atomic E-state index is -4.94. The topological polar surface area (TPSA) is 357 Å². The average Bonchev–Trinajstić information content (AvgIpc) is 3.27. The third-order valence-corrected chi connectivity index (χ3v) is 8.99. The van der Waals surface area contributed by atoms with Crippen molar-refractivity contribution in [1.29, 1.82) is 5.26 Å². The van der Waals surface area contributed by atoms with Crippen LogP contribution >= 0.6 is 0 Å². The summed E-state index contributed by atoms with van der Waals surface area (Å²) in [7, 11) is -9.89. The van der Waals surface area contributed by atoms with Crippen LogP contribution in [0.2, 0.25) is 0 Å². The summed E-state index contributed by atoms with van der Waals surface area (Å²) < 4.78 is 67.9. The summed E-state index contributed by atoms with van der Waals surface area (Å²) in [5.74, 6) is -2.07. The maximum atomic E-state index is 13.9. The Morgan fingerprint density at radius 2 is 0.859 bits per heavy atom. The van der Waals surface area contributed by atoms with Crippen LogP contribution in [0.1, 0.15) is 70.2 Å². The Labute approximate surface area is 437 Å². The van der Waals surface area contributed by atoms with E-state index in [4.69, 9.17) is 42.5 Å². The molecule has 0 spiro atoms. The summed E-state index contributed by atoms with van der Waals surface area (Å²) in [6.07, 6.45) is 6.19. The molecule has 0 bridgehead atoms. The van der Waals surface area contributed by atoms with E-state index in [0.717, 1.165) is 51.4 Å². The molecule has 0 aliphatic rings. The second-order valence-corrected chi connectivity index (χ2v) is 16.2. The van der Waals surface area contributed by atoms with Gasteiger partial charge in [-0.25, -0.2) is 37.3 Å². The normalized spacial score (nSPS) is 10.4. The Morgan fingerprint density at radius 1 is 0.535 bits per heavy atom. The Bertz CT molecular complexity index is 2190. The van der Waals surface area contributed by atoms with Crippen LogP contribution in [0.3, 0.4) is 0 Å². The first-order valence-electron chi connectivity index (χ1n) is 20.6. The minimum Gasteiger partial charge on any atom is -0.872 e. The second kappa shape index (κ2) is 35.6. The molecular weight excluding hydrogens is 1050 g/mol. The van der Waals surface area contributed by atoms with Crippen LogP contribution in [0.5, 0.6) is 5.75 Å². The van der Waals surface area contributed by atoms with E-state index in [1.807, 2.05) is 97.2 Å². The number of hydrogen-bond acceptors (Lipinski definition) is 19. The molecule has 3 aromatic carbocycles. The Hall–Kier alpha value is -5.44. The number of aryl methyl sites for hydroxylation is 3. The number of hydrogen-bond donors (Lipinski definition) is 0. The molecule has 0 N–H and O–H groups in total. The third-order valence-electron chi connectivity index (χ3n) is 8.99. The smallest absolute Gasteiger partial charge is 0.872 e. The fraction of sp³-hybridized carbons (Fsp3) is 0.250. The number of rotatable bonds is 18. The maximum absolute atomic E-state index is 13.9. The number of aliphatic carboxylic acids is 2. The molecular formula is C48H49Cl2Fe2N6O13. The number of carboxylic acid groups (broad SMARTS) is 2. The molecule has 0 fully saturated rings. The summed E-state index contributed by atoms with van der Waals surface area (Å²) in [4.78, 5) is 38.7. The Morgan fingerprint density at radius 3 is 1.18 bits per heavy atom. The molecule has 23 heteroatoms. The quantitative estimate of drug-likeness (QED) is 0.0735. The molecule has 0 saturated carbocycles. The van der Waals surface area contributed by atoms with Crippen molar-refractivity contribution < 1.29 is 117 Å². The van der Waals surface area contributed by atoms with Gasteiger partial charge in [-0.3, -0.25) is 24.8 Å². The molecule has 6 rings (SSSR count). The van der Waals surface area contributed by atoms with Crippen molar-refractivity contribution in [3.05, 3.63) is 190 Å². The molecule has 379 valence electrons. The zero-order valence-electron chi connectivity index (χ0n) is 38.3. The van der Waals surface area contributed by atoms with Crippen molar-refractivity contribution in [2.45, 2.75) is 78.8 Å². The van der Waals surface area contributed by atoms with E-state index in [1.54, 1.807) is 24.5 Å². The summed E-state index contributed by atoms with van der Waals surface area (Å²) in [5.41, 5.74) is 8.53. The summed E-state index contributed by atoms with van der Waals surface area (Å²) >= 11 is 0. The van der Waals surface area contributed by atoms with Gasteiger partial charge in [-0.1, -0.05) is 96.2 Å². The molecule has 0 saturated heterocycles. The van der Waals surface area contributed by atoms with Crippen LogP contribution in [0.4, 0.5) is 0 Å². The number of halogens is 2. The van der Waals surface area contributed by atoms with Crippen molar-refractivity contribution in [1.82, 2.24) is 24.8 Å². The number of pyridine rings is 3. The van der Waals surface area contributed by atoms with E-state index < -0.39 is 32.4 Å². The predicted octanol–water partition coefficient (Wildman–Crippen LogP) is -4.28. The first-order valence-corrected chi connectivity index (χ1v) is 23.1. The van der Waals surface area contributed by atoms with Gasteiger partial charge in [0.2, 0.25) is 0 Å². The molecule has 71 heavy (non-hydrogen) atoms. The van der Waals surface area contributed by atoms with Crippen LogP contribution in [0, 0.1) is 38.7 Å². The SMILES string of the molecule is CC#N.Cc1cc(CN(Cc2ccccc2)Cc2ccccn2)c([O-])c(CN(Cc2ccccn2)Cc2ccccn2)c1.O=C([O-])CCc1cccc(CCC(=O)[O-])c1.[Fe+2].[Fe+3].[O-][Cl+3]([O-])([O-])[O-].[O-][Cl+3]([O-])([O-])[O-]. The van der Waals surface area contributed by atoms with Crippen molar-refractivity contribution >= 4 is 11.9 Å². The zero-order chi connectivity index (χ0) is 51.2. The van der Waals surface area contributed by atoms with E-state index >= 15 is 0 Å². The number of aromatic nitrogens is 3. The van der Waals surface area contributed by atoms with Gasteiger partial charge in [-0.2, -0.15) is 5.26 Å². The van der Waals surface area contributed by atoms with Gasteiger partial charge in [0.15, 0.2) is 0 Å². The van der Waals surface area contributed by atoms with Crippen LogP contribution in [0.25, 0.3) is 0 Å². The fourth-order valence-corrected chi connectivity index (χ4v) is 6.42. The van der Waals surface area contributed by atoms with Gasteiger partial charge >= 0.3 is 34.1 Å². The summed E-state index contributed by atoms with van der Waals surface area (Å²) in [5, 5.41) is 41.8. The number of benzene rings is 3. The number of carbonyl (C=O) groups is 2. The number of nitrogens with zero attached hydrogens (tertiary/aromatic N) is 6. The van der Waals surface area contributed by atoms with Gasteiger partial charge in [0, 0.05) is 76.7 Å². The van der Waals surface area contributed by atoms with Crippen molar-refractivity contribution in [2.75, 3.05) is 0 Å². The van der Waals surface area contributed by atoms with E-state index in [9.17, 15) is 24.9 Å². The molecule has 19 nitrogen and oxygen atoms in total. The molecule has 3 aromatic heterocycles. The van der Waals surface area contributed by atoms with Gasteiger partial charge in [0.25, 0.3) is 0 Å². The number of carboxylic acids is 2. The fourth-order valence-electron chi connectivity index (χ4n) is 6.42. The second-order valence-electron chi connectivity index (χ2n) is 14.7. The number of carbonyl (C=O) groups excluding carboxylic acids is 2. The molecule has 3 heterocycles. The van der Waals surface area contributed by atoms with Crippen molar-refractivity contribution in [2.24, 2.45) is 0 Å². The van der Waals surface area contributed by atoms with Crippen molar-refractivity contribution in [3.8, 4) is 11.8 Å². The van der Waals surface area contributed by atoms with Gasteiger partial charge in [-0.15, -0.1) is 20.5 Å². The number of nitriles is 1. The molecule has 0 aliphatic carbocycles. The summed E-state index contributed by atoms with van der Waals surface area (Å²) in [6.45, 7) is 7.18. The van der Waals surface area contributed by atoms with Gasteiger partial charge in [0.1, 0.15) is 0 Å². The summed E-state index contributed by atoms with van der Waals surface area (Å²) in [6, 6.07) is 41.2. The molecule has 6 aromatic rings. The predicted molar refractivity (Wildman–Crippen MR) is 220 cm³/mol. The van der Waals surface area contributed by atoms with Crippen molar-refractivity contribution in [3.63, 3.8) is 0 Å². The molecule has 0 aliphatic heterocycles. The largest absolute Gasteiger partial charge is 3.00 e. The van der Waals surface area contributed by atoms with Crippen LogP contribution in [-0.2, 0) is 95.8 Å². The van der Waals surface area contributed by atoms with Gasteiger partial charge in [-0.05, 0) is 96.8 Å². The zero-order valence-corrected chi connectivity index (χ0v) is 42.0. The van der Waals surface area contributed by atoms with Crippen LogP contribution in [-0.4, -0.2) is 36.7 Å². The monoisotopic (exact) mass is 1100 g/mol. The average molecular weight is 1100 g/mol. The third kappa shape index (κ3) is 33.7. The van der Waals surface area contributed by atoms with E-state index in [2.05, 4.69) is 55.9 Å². The van der Waals surface area contributed by atoms with E-state index in [1.165, 1.54) is 12.5 Å². The van der Waals surface area contributed by atoms with E-state index in [0.29, 0.717) is 45.6 Å². The van der Waals surface area contributed by atoms with Gasteiger partial charge < -0.3 is 24.9 Å². The van der Waals surface area contributed by atoms with E-state index in [-0.39, 0.29) is 52.7 Å². The molecule has 0 atom stereocenters. The molecule has 0 unspecified atom stereocenters. The van der Waals surface area contributed by atoms with Crippen LogP contribution < -0.4 is 52.6 Å². The molecule has 0 amide bonds.